The summed E-state index contributed by atoms with van der Waals surface area (Å²) in [6, 6.07) is 9.32. The summed E-state index contributed by atoms with van der Waals surface area (Å²) < 4.78 is 10.7. The number of ether oxygens (including phenoxy) is 2. The first-order chi connectivity index (χ1) is 15.9. The first-order valence-corrected chi connectivity index (χ1v) is 10.8. The fourth-order valence-electron chi connectivity index (χ4n) is 3.26. The van der Waals surface area contributed by atoms with Gasteiger partial charge in [0.15, 0.2) is 0 Å². The first kappa shape index (κ1) is 24.2. The Labute approximate surface area is 196 Å². The third-order valence-electron chi connectivity index (χ3n) is 4.87. The number of amides is 1. The maximum Gasteiger partial charge on any atom is 0.340 e. The van der Waals surface area contributed by atoms with Gasteiger partial charge in [0.25, 0.3) is 5.69 Å². The van der Waals surface area contributed by atoms with E-state index in [0.717, 1.165) is 5.69 Å². The Kier molecular flexibility index (Phi) is 8.39. The molecular formula is C23H24ClN3O6. The van der Waals surface area contributed by atoms with Gasteiger partial charge < -0.3 is 19.7 Å². The fraction of sp³-hybridized carbons (Fsp3) is 0.304. The molecule has 1 aliphatic heterocycles. The normalized spacial score (nSPS) is 13.7. The lowest BCUT2D eigenvalue weighted by Crippen LogP contribution is -2.37. The zero-order valence-corrected chi connectivity index (χ0v) is 18.8. The molecule has 1 N–H and O–H groups in total. The molecule has 174 valence electrons. The number of nitro groups is 1. The van der Waals surface area contributed by atoms with Crippen molar-refractivity contribution in [3.8, 4) is 0 Å². The number of halogens is 1. The number of hydrogen-bond donors (Lipinski definition) is 1. The smallest absolute Gasteiger partial charge is 0.340 e. The van der Waals surface area contributed by atoms with E-state index in [-0.39, 0.29) is 10.7 Å². The summed E-state index contributed by atoms with van der Waals surface area (Å²) in [5, 5.41) is 13.7. The Balaban J connectivity index is 1.77. The lowest BCUT2D eigenvalue weighted by molar-refractivity contribution is -0.384. The maximum absolute atomic E-state index is 12.7. The van der Waals surface area contributed by atoms with Crippen molar-refractivity contribution in [2.75, 3.05) is 43.1 Å². The van der Waals surface area contributed by atoms with Gasteiger partial charge in [0.2, 0.25) is 5.91 Å². The second kappa shape index (κ2) is 11.4. The molecule has 1 aliphatic rings. The van der Waals surface area contributed by atoms with Gasteiger partial charge in [0, 0.05) is 30.9 Å². The predicted molar refractivity (Wildman–Crippen MR) is 126 cm³/mol. The van der Waals surface area contributed by atoms with E-state index < -0.39 is 16.8 Å². The fourth-order valence-corrected chi connectivity index (χ4v) is 3.45. The molecule has 1 fully saturated rings. The van der Waals surface area contributed by atoms with Crippen LogP contribution in [0.2, 0.25) is 5.02 Å². The van der Waals surface area contributed by atoms with Crippen LogP contribution in [-0.2, 0) is 14.3 Å². The van der Waals surface area contributed by atoms with Crippen molar-refractivity contribution < 1.29 is 24.0 Å². The van der Waals surface area contributed by atoms with Crippen LogP contribution in [0, 0.1) is 10.1 Å². The third kappa shape index (κ3) is 6.53. The molecule has 0 saturated carbocycles. The highest BCUT2D eigenvalue weighted by atomic mass is 35.5. The molecule has 0 atom stereocenters. The van der Waals surface area contributed by atoms with Gasteiger partial charge in [0.05, 0.1) is 36.0 Å². The first-order valence-electron chi connectivity index (χ1n) is 10.5. The number of nitrogens with zero attached hydrogens (tertiary/aromatic N) is 2. The van der Waals surface area contributed by atoms with Crippen molar-refractivity contribution in [3.63, 3.8) is 0 Å². The largest absolute Gasteiger partial charge is 0.462 e. The van der Waals surface area contributed by atoms with Crippen molar-refractivity contribution in [3.05, 3.63) is 68.7 Å². The molecule has 9 nitrogen and oxygen atoms in total. The zero-order chi connectivity index (χ0) is 23.8. The van der Waals surface area contributed by atoms with E-state index in [9.17, 15) is 19.7 Å². The number of esters is 1. The van der Waals surface area contributed by atoms with Crippen LogP contribution in [0.25, 0.3) is 6.08 Å². The molecule has 0 aliphatic carbocycles. The average Bonchev–Trinajstić information content (AvgIpc) is 2.82. The van der Waals surface area contributed by atoms with Crippen LogP contribution in [0.1, 0.15) is 29.3 Å². The molecule has 0 bridgehead atoms. The van der Waals surface area contributed by atoms with Gasteiger partial charge in [-0.3, -0.25) is 14.9 Å². The molecule has 1 amide bonds. The van der Waals surface area contributed by atoms with Gasteiger partial charge in [-0.25, -0.2) is 4.79 Å². The van der Waals surface area contributed by atoms with Gasteiger partial charge in [-0.1, -0.05) is 24.6 Å². The molecule has 1 saturated heterocycles. The monoisotopic (exact) mass is 473 g/mol. The topological polar surface area (TPSA) is 111 Å². The van der Waals surface area contributed by atoms with Crippen molar-refractivity contribution >= 4 is 46.6 Å². The lowest BCUT2D eigenvalue weighted by Gasteiger charge is -2.30. The quantitative estimate of drug-likeness (QED) is 0.263. The second-order valence-corrected chi connectivity index (χ2v) is 7.67. The molecule has 2 aromatic rings. The number of benzene rings is 2. The molecule has 0 spiro atoms. The van der Waals surface area contributed by atoms with Crippen LogP contribution < -0.4 is 10.2 Å². The number of nitro benzene ring substituents is 1. The molecule has 33 heavy (non-hydrogen) atoms. The number of morpholine rings is 1. The Morgan fingerprint density at radius 2 is 2.00 bits per heavy atom. The van der Waals surface area contributed by atoms with E-state index in [1.807, 2.05) is 11.8 Å². The van der Waals surface area contributed by atoms with Gasteiger partial charge in [-0.2, -0.15) is 0 Å². The van der Waals surface area contributed by atoms with Crippen molar-refractivity contribution in [2.45, 2.75) is 13.3 Å². The molecule has 0 unspecified atom stereocenters. The summed E-state index contributed by atoms with van der Waals surface area (Å²) in [6.07, 6.45) is 3.39. The van der Waals surface area contributed by atoms with Crippen molar-refractivity contribution in [1.82, 2.24) is 0 Å². The molecular weight excluding hydrogens is 450 g/mol. The Morgan fingerprint density at radius 1 is 1.24 bits per heavy atom. The number of nitrogens with one attached hydrogen (secondary N) is 1. The summed E-state index contributed by atoms with van der Waals surface area (Å²) in [5.74, 6) is -0.918. The van der Waals surface area contributed by atoms with Crippen molar-refractivity contribution in [1.29, 1.82) is 0 Å². The molecule has 3 rings (SSSR count). The van der Waals surface area contributed by atoms with Crippen LogP contribution in [0.15, 0.2) is 42.5 Å². The number of anilines is 2. The Hall–Kier alpha value is -3.43. The number of hydrogen-bond acceptors (Lipinski definition) is 7. The van der Waals surface area contributed by atoms with E-state index in [2.05, 4.69) is 5.32 Å². The standard InChI is InChI=1S/C23H24ClN3O6/c1-2-11-33-23(29)18-15-17(5-7-20(18)26-9-12-32-13-10-26)25-22(28)8-4-16-3-6-19(24)21(14-16)27(30)31/h3-8,14-15H,2,9-13H2,1H3,(H,25,28)/b8-4+. The molecule has 1 heterocycles. The third-order valence-corrected chi connectivity index (χ3v) is 5.19. The summed E-state index contributed by atoms with van der Waals surface area (Å²) in [6.45, 7) is 4.64. The highest BCUT2D eigenvalue weighted by Gasteiger charge is 2.21. The summed E-state index contributed by atoms with van der Waals surface area (Å²) in [5.41, 5.74) is 1.72. The maximum atomic E-state index is 12.7. The van der Waals surface area contributed by atoms with E-state index in [1.54, 1.807) is 24.3 Å². The summed E-state index contributed by atoms with van der Waals surface area (Å²) >= 11 is 5.81. The minimum atomic E-state index is -0.588. The molecule has 0 aromatic heterocycles. The minimum absolute atomic E-state index is 0.0180. The number of carbonyl (C=O) groups is 2. The lowest BCUT2D eigenvalue weighted by atomic mass is 10.1. The van der Waals surface area contributed by atoms with Crippen LogP contribution in [-0.4, -0.2) is 49.7 Å². The van der Waals surface area contributed by atoms with E-state index in [1.165, 1.54) is 24.3 Å². The van der Waals surface area contributed by atoms with Crippen LogP contribution in [0.3, 0.4) is 0 Å². The van der Waals surface area contributed by atoms with Crippen molar-refractivity contribution in [2.24, 2.45) is 0 Å². The van der Waals surface area contributed by atoms with Gasteiger partial charge in [0.1, 0.15) is 5.02 Å². The summed E-state index contributed by atoms with van der Waals surface area (Å²) in [7, 11) is 0. The summed E-state index contributed by atoms with van der Waals surface area (Å²) in [4.78, 5) is 37.5. The van der Waals surface area contributed by atoms with E-state index >= 15 is 0 Å². The average molecular weight is 474 g/mol. The Morgan fingerprint density at radius 3 is 2.70 bits per heavy atom. The molecule has 2 aromatic carbocycles. The zero-order valence-electron chi connectivity index (χ0n) is 18.1. The van der Waals surface area contributed by atoms with Crippen LogP contribution in [0.5, 0.6) is 0 Å². The highest BCUT2D eigenvalue weighted by Crippen LogP contribution is 2.27. The number of carbonyl (C=O) groups excluding carboxylic acids is 2. The molecule has 10 heteroatoms. The number of rotatable bonds is 8. The predicted octanol–water partition coefficient (Wildman–Crippen LogP) is 4.30. The molecule has 0 radical (unpaired) electrons. The van der Waals surface area contributed by atoms with Gasteiger partial charge in [-0.15, -0.1) is 0 Å². The van der Waals surface area contributed by atoms with Crippen LogP contribution in [0.4, 0.5) is 17.1 Å². The van der Waals surface area contributed by atoms with Gasteiger partial charge in [-0.05, 0) is 42.3 Å². The SMILES string of the molecule is CCCOC(=O)c1cc(NC(=O)/C=C/c2ccc(Cl)c([N+](=O)[O-])c2)ccc1N1CCOCC1. The minimum Gasteiger partial charge on any atom is -0.462 e. The Bertz CT molecular complexity index is 1070. The highest BCUT2D eigenvalue weighted by molar-refractivity contribution is 6.32. The van der Waals surface area contributed by atoms with Gasteiger partial charge >= 0.3 is 5.97 Å². The van der Waals surface area contributed by atoms with E-state index in [0.29, 0.717) is 56.1 Å². The second-order valence-electron chi connectivity index (χ2n) is 7.26. The van der Waals surface area contributed by atoms with Crippen LogP contribution >= 0.6 is 11.6 Å². The van der Waals surface area contributed by atoms with E-state index in [4.69, 9.17) is 21.1 Å².